The fourth-order valence-corrected chi connectivity index (χ4v) is 2.80. The molecule has 0 aliphatic carbocycles. The van der Waals surface area contributed by atoms with E-state index >= 15 is 0 Å². The molecule has 0 spiro atoms. The largest absolute Gasteiger partial charge is 0.334 e. The third kappa shape index (κ3) is 2.44. The number of aryl methyl sites for hydroxylation is 1. The van der Waals surface area contributed by atoms with Crippen molar-refractivity contribution >= 4 is 17.5 Å². The Morgan fingerprint density at radius 1 is 1.59 bits per heavy atom. The molecular weight excluding hydrogens is 236 g/mol. The van der Waals surface area contributed by atoms with Crippen LogP contribution >= 0.6 is 11.6 Å². The lowest BCUT2D eigenvalue weighted by Gasteiger charge is -2.25. The second-order valence-corrected chi connectivity index (χ2v) is 5.05. The Morgan fingerprint density at radius 3 is 3.00 bits per heavy atom. The molecule has 2 rings (SSSR count). The molecule has 0 radical (unpaired) electrons. The standard InChI is InChI=1S/C13H17ClN2O/c1-9-5-11(8-15-7-9)13(17)16-4-3-10(2)12(16)6-14/h5,7-8,10,12H,3-4,6H2,1-2H3. The van der Waals surface area contributed by atoms with Gasteiger partial charge in [0.05, 0.1) is 5.56 Å². The van der Waals surface area contributed by atoms with E-state index in [1.165, 1.54) is 0 Å². The zero-order valence-electron chi connectivity index (χ0n) is 10.2. The fourth-order valence-electron chi connectivity index (χ4n) is 2.33. The van der Waals surface area contributed by atoms with Crippen LogP contribution in [0.2, 0.25) is 0 Å². The highest BCUT2D eigenvalue weighted by atomic mass is 35.5. The number of alkyl halides is 1. The van der Waals surface area contributed by atoms with Crippen molar-refractivity contribution in [1.82, 2.24) is 9.88 Å². The van der Waals surface area contributed by atoms with Crippen molar-refractivity contribution in [2.24, 2.45) is 5.92 Å². The predicted molar refractivity (Wildman–Crippen MR) is 68.3 cm³/mol. The number of pyridine rings is 1. The van der Waals surface area contributed by atoms with Crippen LogP contribution in [-0.4, -0.2) is 34.3 Å². The average molecular weight is 253 g/mol. The Hall–Kier alpha value is -1.09. The van der Waals surface area contributed by atoms with Crippen molar-refractivity contribution in [1.29, 1.82) is 0 Å². The minimum Gasteiger partial charge on any atom is -0.334 e. The molecular formula is C13H17ClN2O. The van der Waals surface area contributed by atoms with E-state index in [0.717, 1.165) is 18.5 Å². The summed E-state index contributed by atoms with van der Waals surface area (Å²) >= 11 is 5.95. The molecule has 1 aromatic heterocycles. The molecule has 0 bridgehead atoms. The summed E-state index contributed by atoms with van der Waals surface area (Å²) in [4.78, 5) is 18.3. The van der Waals surface area contributed by atoms with Gasteiger partial charge in [0.15, 0.2) is 0 Å². The van der Waals surface area contributed by atoms with Crippen LogP contribution in [-0.2, 0) is 0 Å². The van der Waals surface area contributed by atoms with Gasteiger partial charge in [-0.1, -0.05) is 6.92 Å². The number of nitrogens with zero attached hydrogens (tertiary/aromatic N) is 2. The Balaban J connectivity index is 2.20. The molecule has 92 valence electrons. The maximum Gasteiger partial charge on any atom is 0.255 e. The third-order valence-electron chi connectivity index (χ3n) is 3.42. The molecule has 1 aromatic rings. The summed E-state index contributed by atoms with van der Waals surface area (Å²) < 4.78 is 0. The number of amides is 1. The van der Waals surface area contributed by atoms with E-state index in [0.29, 0.717) is 17.4 Å². The summed E-state index contributed by atoms with van der Waals surface area (Å²) in [7, 11) is 0. The van der Waals surface area contributed by atoms with Gasteiger partial charge in [0.1, 0.15) is 0 Å². The number of carbonyl (C=O) groups is 1. The van der Waals surface area contributed by atoms with Crippen LogP contribution in [0.25, 0.3) is 0 Å². The quantitative estimate of drug-likeness (QED) is 0.758. The molecule has 2 unspecified atom stereocenters. The van der Waals surface area contributed by atoms with Crippen LogP contribution in [0.1, 0.15) is 29.3 Å². The molecule has 1 aliphatic heterocycles. The number of hydrogen-bond acceptors (Lipinski definition) is 2. The first kappa shape index (κ1) is 12.4. The first-order valence-corrected chi connectivity index (χ1v) is 6.45. The van der Waals surface area contributed by atoms with Gasteiger partial charge in [-0.25, -0.2) is 0 Å². The molecule has 0 saturated carbocycles. The number of hydrogen-bond donors (Lipinski definition) is 0. The summed E-state index contributed by atoms with van der Waals surface area (Å²) in [6, 6.07) is 2.04. The highest BCUT2D eigenvalue weighted by Gasteiger charge is 2.34. The number of likely N-dealkylation sites (tertiary alicyclic amines) is 1. The molecule has 0 N–H and O–H groups in total. The van der Waals surface area contributed by atoms with Crippen molar-refractivity contribution in [3.63, 3.8) is 0 Å². The zero-order chi connectivity index (χ0) is 12.4. The van der Waals surface area contributed by atoms with Gasteiger partial charge < -0.3 is 4.90 Å². The summed E-state index contributed by atoms with van der Waals surface area (Å²) in [6.07, 6.45) is 4.41. The minimum absolute atomic E-state index is 0.0520. The van der Waals surface area contributed by atoms with E-state index < -0.39 is 0 Å². The van der Waals surface area contributed by atoms with Crippen LogP contribution in [0.5, 0.6) is 0 Å². The van der Waals surface area contributed by atoms with Crippen LogP contribution in [0.15, 0.2) is 18.5 Å². The van der Waals surface area contributed by atoms with E-state index in [-0.39, 0.29) is 11.9 Å². The van der Waals surface area contributed by atoms with E-state index in [1.54, 1.807) is 12.4 Å². The molecule has 1 aliphatic rings. The van der Waals surface area contributed by atoms with Crippen molar-refractivity contribution in [3.8, 4) is 0 Å². The Morgan fingerprint density at radius 2 is 2.35 bits per heavy atom. The van der Waals surface area contributed by atoms with Gasteiger partial charge in [-0.05, 0) is 30.9 Å². The van der Waals surface area contributed by atoms with Crippen LogP contribution < -0.4 is 0 Å². The number of rotatable bonds is 2. The molecule has 4 heteroatoms. The van der Waals surface area contributed by atoms with Gasteiger partial charge >= 0.3 is 0 Å². The number of aromatic nitrogens is 1. The summed E-state index contributed by atoms with van der Waals surface area (Å²) in [5.74, 6) is 1.04. The molecule has 1 fully saturated rings. The molecule has 3 nitrogen and oxygen atoms in total. The van der Waals surface area contributed by atoms with Gasteiger partial charge in [0.25, 0.3) is 5.91 Å². The molecule has 2 atom stereocenters. The maximum absolute atomic E-state index is 12.3. The number of carbonyl (C=O) groups excluding carboxylic acids is 1. The van der Waals surface area contributed by atoms with E-state index in [9.17, 15) is 4.79 Å². The van der Waals surface area contributed by atoms with Crippen molar-refractivity contribution in [3.05, 3.63) is 29.6 Å². The third-order valence-corrected chi connectivity index (χ3v) is 3.74. The van der Waals surface area contributed by atoms with Gasteiger partial charge in [-0.3, -0.25) is 9.78 Å². The van der Waals surface area contributed by atoms with Crippen LogP contribution in [0, 0.1) is 12.8 Å². The fraction of sp³-hybridized carbons (Fsp3) is 0.538. The molecule has 1 saturated heterocycles. The Kier molecular flexibility index (Phi) is 3.67. The summed E-state index contributed by atoms with van der Waals surface area (Å²) in [6.45, 7) is 4.88. The molecule has 0 aromatic carbocycles. The van der Waals surface area contributed by atoms with Crippen molar-refractivity contribution in [2.75, 3.05) is 12.4 Å². The maximum atomic E-state index is 12.3. The van der Waals surface area contributed by atoms with E-state index in [1.807, 2.05) is 17.9 Å². The monoisotopic (exact) mass is 252 g/mol. The molecule has 1 amide bonds. The van der Waals surface area contributed by atoms with Gasteiger partial charge in [-0.2, -0.15) is 0 Å². The van der Waals surface area contributed by atoms with Crippen LogP contribution in [0.3, 0.4) is 0 Å². The lowest BCUT2D eigenvalue weighted by Crippen LogP contribution is -2.38. The highest BCUT2D eigenvalue weighted by molar-refractivity contribution is 6.18. The zero-order valence-corrected chi connectivity index (χ0v) is 10.9. The lowest BCUT2D eigenvalue weighted by atomic mass is 10.0. The van der Waals surface area contributed by atoms with Crippen LogP contribution in [0.4, 0.5) is 0 Å². The van der Waals surface area contributed by atoms with Gasteiger partial charge in [0, 0.05) is 30.9 Å². The molecule has 17 heavy (non-hydrogen) atoms. The van der Waals surface area contributed by atoms with E-state index in [2.05, 4.69) is 11.9 Å². The highest BCUT2D eigenvalue weighted by Crippen LogP contribution is 2.26. The summed E-state index contributed by atoms with van der Waals surface area (Å²) in [5.41, 5.74) is 1.67. The Labute approximate surface area is 107 Å². The number of halogens is 1. The summed E-state index contributed by atoms with van der Waals surface area (Å²) in [5, 5.41) is 0. The Bertz CT molecular complexity index is 422. The predicted octanol–water partition coefficient (Wildman–Crippen LogP) is 2.48. The second kappa shape index (κ2) is 5.05. The average Bonchev–Trinajstić information content (AvgIpc) is 2.69. The lowest BCUT2D eigenvalue weighted by molar-refractivity contribution is 0.0736. The van der Waals surface area contributed by atoms with Gasteiger partial charge in [-0.15, -0.1) is 11.6 Å². The molecule has 2 heterocycles. The first-order chi connectivity index (χ1) is 8.13. The van der Waals surface area contributed by atoms with Crippen molar-refractivity contribution in [2.45, 2.75) is 26.3 Å². The van der Waals surface area contributed by atoms with Gasteiger partial charge in [0.2, 0.25) is 0 Å². The first-order valence-electron chi connectivity index (χ1n) is 5.92. The van der Waals surface area contributed by atoms with Crippen molar-refractivity contribution < 1.29 is 4.79 Å². The smallest absolute Gasteiger partial charge is 0.255 e. The minimum atomic E-state index is 0.0520. The van der Waals surface area contributed by atoms with E-state index in [4.69, 9.17) is 11.6 Å². The SMILES string of the molecule is Cc1cncc(C(=O)N2CCC(C)C2CCl)c1. The normalized spacial score (nSPS) is 24.1. The second-order valence-electron chi connectivity index (χ2n) is 4.74. The topological polar surface area (TPSA) is 33.2 Å².